The molecule has 2 aromatic rings. The fourth-order valence-electron chi connectivity index (χ4n) is 1.70. The van der Waals surface area contributed by atoms with Gasteiger partial charge < -0.3 is 15.3 Å². The van der Waals surface area contributed by atoms with Gasteiger partial charge in [0.15, 0.2) is 0 Å². The summed E-state index contributed by atoms with van der Waals surface area (Å²) in [5.41, 5.74) is 5.31. The average molecular weight is 248 g/mol. The second-order valence-electron chi connectivity index (χ2n) is 4.00. The van der Waals surface area contributed by atoms with Crippen LogP contribution in [0.25, 0.3) is 0 Å². The van der Waals surface area contributed by atoms with Crippen LogP contribution in [0.1, 0.15) is 22.6 Å². The minimum Gasteiger partial charge on any atom is -0.365 e. The highest BCUT2D eigenvalue weighted by molar-refractivity contribution is 5.56. The molecule has 0 saturated carbocycles. The zero-order valence-electron chi connectivity index (χ0n) is 10.6. The van der Waals surface area contributed by atoms with Crippen molar-refractivity contribution >= 4 is 11.6 Å². The molecule has 0 fully saturated rings. The predicted octanol–water partition coefficient (Wildman–Crippen LogP) is 1.29. The van der Waals surface area contributed by atoms with E-state index in [1.807, 2.05) is 20.8 Å². The van der Waals surface area contributed by atoms with Crippen LogP contribution in [0.4, 0.5) is 11.6 Å². The largest absolute Gasteiger partial charge is 0.365 e. The molecule has 2 rings (SSSR count). The van der Waals surface area contributed by atoms with E-state index < -0.39 is 0 Å². The molecule has 2 aromatic heterocycles. The lowest BCUT2D eigenvalue weighted by Crippen LogP contribution is -2.12. The molecule has 7 nitrogen and oxygen atoms in total. The minimum absolute atomic E-state index is 0.600. The van der Waals surface area contributed by atoms with Crippen LogP contribution in [0.3, 0.4) is 0 Å². The van der Waals surface area contributed by atoms with E-state index in [4.69, 9.17) is 10.4 Å². The summed E-state index contributed by atoms with van der Waals surface area (Å²) in [6.07, 6.45) is 1.46. The van der Waals surface area contributed by atoms with E-state index in [1.165, 1.54) is 6.33 Å². The fourth-order valence-corrected chi connectivity index (χ4v) is 1.70. The van der Waals surface area contributed by atoms with Crippen LogP contribution < -0.4 is 16.6 Å². The standard InChI is InChI=1S/C11H16N6O/c1-6-10(14-5-15-11(6)16-12)13-4-9-7(2)17-18-8(9)3/h5H,4,12H2,1-3H3,(H2,13,14,15,16). The van der Waals surface area contributed by atoms with E-state index in [2.05, 4.69) is 25.9 Å². The van der Waals surface area contributed by atoms with Crippen molar-refractivity contribution in [3.63, 3.8) is 0 Å². The second kappa shape index (κ2) is 5.01. The van der Waals surface area contributed by atoms with Crippen molar-refractivity contribution in [3.05, 3.63) is 28.9 Å². The zero-order chi connectivity index (χ0) is 13.1. The van der Waals surface area contributed by atoms with Gasteiger partial charge in [-0.1, -0.05) is 5.16 Å². The monoisotopic (exact) mass is 248 g/mol. The Balaban J connectivity index is 2.16. The molecule has 96 valence electrons. The third-order valence-corrected chi connectivity index (χ3v) is 2.83. The number of nitrogens with one attached hydrogen (secondary N) is 2. The van der Waals surface area contributed by atoms with Crippen molar-refractivity contribution < 1.29 is 4.52 Å². The summed E-state index contributed by atoms with van der Waals surface area (Å²) < 4.78 is 5.10. The summed E-state index contributed by atoms with van der Waals surface area (Å²) in [6, 6.07) is 0. The summed E-state index contributed by atoms with van der Waals surface area (Å²) in [6.45, 7) is 6.29. The molecule has 4 N–H and O–H groups in total. The maximum Gasteiger partial charge on any atom is 0.148 e. The first-order valence-corrected chi connectivity index (χ1v) is 5.57. The van der Waals surface area contributed by atoms with Crippen LogP contribution in [0, 0.1) is 20.8 Å². The van der Waals surface area contributed by atoms with E-state index in [1.54, 1.807) is 0 Å². The van der Waals surface area contributed by atoms with Gasteiger partial charge in [-0.2, -0.15) is 0 Å². The smallest absolute Gasteiger partial charge is 0.148 e. The number of rotatable bonds is 4. The summed E-state index contributed by atoms with van der Waals surface area (Å²) in [4.78, 5) is 8.20. The Kier molecular flexibility index (Phi) is 3.42. The van der Waals surface area contributed by atoms with Gasteiger partial charge in [0, 0.05) is 17.7 Å². The van der Waals surface area contributed by atoms with Crippen molar-refractivity contribution in [1.29, 1.82) is 0 Å². The molecular weight excluding hydrogens is 232 g/mol. The van der Waals surface area contributed by atoms with Crippen LogP contribution in [-0.4, -0.2) is 15.1 Å². The normalized spacial score (nSPS) is 10.4. The van der Waals surface area contributed by atoms with Gasteiger partial charge >= 0.3 is 0 Å². The van der Waals surface area contributed by atoms with Crippen LogP contribution >= 0.6 is 0 Å². The molecule has 0 aliphatic carbocycles. The summed E-state index contributed by atoms with van der Waals surface area (Å²) in [5.74, 6) is 7.51. The third-order valence-electron chi connectivity index (χ3n) is 2.83. The van der Waals surface area contributed by atoms with Crippen molar-refractivity contribution in [3.8, 4) is 0 Å². The number of anilines is 2. The van der Waals surface area contributed by atoms with Gasteiger partial charge in [-0.25, -0.2) is 15.8 Å². The number of aryl methyl sites for hydroxylation is 2. The van der Waals surface area contributed by atoms with Crippen molar-refractivity contribution in [1.82, 2.24) is 15.1 Å². The maximum absolute atomic E-state index is 5.37. The highest BCUT2D eigenvalue weighted by Crippen LogP contribution is 2.19. The van der Waals surface area contributed by atoms with Crippen molar-refractivity contribution in [2.75, 3.05) is 10.7 Å². The molecule has 0 saturated heterocycles. The van der Waals surface area contributed by atoms with E-state index in [9.17, 15) is 0 Å². The zero-order valence-corrected chi connectivity index (χ0v) is 10.6. The number of hydrogen-bond acceptors (Lipinski definition) is 7. The average Bonchev–Trinajstić information content (AvgIpc) is 2.68. The third kappa shape index (κ3) is 2.25. The molecule has 0 amide bonds. The number of nitrogen functional groups attached to an aromatic ring is 1. The van der Waals surface area contributed by atoms with Gasteiger partial charge in [0.2, 0.25) is 0 Å². The van der Waals surface area contributed by atoms with Gasteiger partial charge in [0.05, 0.1) is 5.69 Å². The Labute approximate surface area is 105 Å². The van der Waals surface area contributed by atoms with Crippen LogP contribution in [0.5, 0.6) is 0 Å². The van der Waals surface area contributed by atoms with Crippen molar-refractivity contribution in [2.24, 2.45) is 5.84 Å². The summed E-state index contributed by atoms with van der Waals surface area (Å²) >= 11 is 0. The highest BCUT2D eigenvalue weighted by Gasteiger charge is 2.10. The molecular formula is C11H16N6O. The molecule has 0 unspecified atom stereocenters. The molecule has 0 atom stereocenters. The maximum atomic E-state index is 5.37. The molecule has 0 spiro atoms. The van der Waals surface area contributed by atoms with E-state index >= 15 is 0 Å². The quantitative estimate of drug-likeness (QED) is 0.553. The lowest BCUT2D eigenvalue weighted by atomic mass is 10.2. The van der Waals surface area contributed by atoms with Crippen LogP contribution in [0.2, 0.25) is 0 Å². The van der Waals surface area contributed by atoms with Gasteiger partial charge in [0.25, 0.3) is 0 Å². The number of hydrogen-bond donors (Lipinski definition) is 3. The van der Waals surface area contributed by atoms with Gasteiger partial charge in [0.1, 0.15) is 23.7 Å². The Morgan fingerprint density at radius 2 is 1.94 bits per heavy atom. The van der Waals surface area contributed by atoms with Gasteiger partial charge in [-0.05, 0) is 20.8 Å². The number of hydrazine groups is 1. The predicted molar refractivity (Wildman–Crippen MR) is 67.9 cm³/mol. The molecule has 0 aliphatic heterocycles. The van der Waals surface area contributed by atoms with Crippen LogP contribution in [0.15, 0.2) is 10.9 Å². The Morgan fingerprint density at radius 1 is 1.22 bits per heavy atom. The lowest BCUT2D eigenvalue weighted by molar-refractivity contribution is 0.392. The number of aromatic nitrogens is 3. The SMILES string of the molecule is Cc1noc(C)c1CNc1ncnc(NN)c1C. The molecule has 2 heterocycles. The highest BCUT2D eigenvalue weighted by atomic mass is 16.5. The number of nitrogens with zero attached hydrogens (tertiary/aromatic N) is 3. The first-order valence-electron chi connectivity index (χ1n) is 5.57. The second-order valence-corrected chi connectivity index (χ2v) is 4.00. The lowest BCUT2D eigenvalue weighted by Gasteiger charge is -2.10. The topological polar surface area (TPSA) is 102 Å². The molecule has 0 bridgehead atoms. The van der Waals surface area contributed by atoms with Crippen molar-refractivity contribution in [2.45, 2.75) is 27.3 Å². The van der Waals surface area contributed by atoms with Gasteiger partial charge in [-0.3, -0.25) is 0 Å². The van der Waals surface area contributed by atoms with Crippen LogP contribution in [-0.2, 0) is 6.54 Å². The first-order chi connectivity index (χ1) is 8.63. The minimum atomic E-state index is 0.600. The fraction of sp³-hybridized carbons (Fsp3) is 0.364. The molecule has 18 heavy (non-hydrogen) atoms. The Bertz CT molecular complexity index is 531. The first kappa shape index (κ1) is 12.3. The molecule has 7 heteroatoms. The number of nitrogens with two attached hydrogens (primary N) is 1. The Hall–Kier alpha value is -2.15. The van der Waals surface area contributed by atoms with E-state index in [0.29, 0.717) is 12.4 Å². The van der Waals surface area contributed by atoms with E-state index in [-0.39, 0.29) is 0 Å². The van der Waals surface area contributed by atoms with Gasteiger partial charge in [-0.15, -0.1) is 0 Å². The molecule has 0 aliphatic rings. The summed E-state index contributed by atoms with van der Waals surface area (Å²) in [7, 11) is 0. The molecule has 0 aromatic carbocycles. The Morgan fingerprint density at radius 3 is 2.56 bits per heavy atom. The molecule has 0 radical (unpaired) electrons. The summed E-state index contributed by atoms with van der Waals surface area (Å²) in [5, 5.41) is 7.13. The van der Waals surface area contributed by atoms with E-state index in [0.717, 1.165) is 28.4 Å².